The summed E-state index contributed by atoms with van der Waals surface area (Å²) in [6.07, 6.45) is 4.85. The van der Waals surface area contributed by atoms with E-state index in [9.17, 15) is 5.11 Å². The third-order valence-corrected chi connectivity index (χ3v) is 6.78. The zero-order valence-electron chi connectivity index (χ0n) is 16.5. The fourth-order valence-electron chi connectivity index (χ4n) is 5.14. The van der Waals surface area contributed by atoms with Crippen LogP contribution < -0.4 is 0 Å². The lowest BCUT2D eigenvalue weighted by molar-refractivity contribution is 0.0544. The second-order valence-corrected chi connectivity index (χ2v) is 8.59. The van der Waals surface area contributed by atoms with Crippen LogP contribution in [0.3, 0.4) is 0 Å². The van der Waals surface area contributed by atoms with E-state index in [0.29, 0.717) is 18.6 Å². The minimum absolute atomic E-state index is 0.353. The van der Waals surface area contributed by atoms with Crippen molar-refractivity contribution in [2.75, 3.05) is 32.8 Å². The molecule has 2 aromatic carbocycles. The van der Waals surface area contributed by atoms with Gasteiger partial charge in [-0.3, -0.25) is 9.80 Å². The van der Waals surface area contributed by atoms with Gasteiger partial charge >= 0.3 is 0 Å². The normalized spacial score (nSPS) is 23.0. The molecule has 1 N–H and O–H groups in total. The summed E-state index contributed by atoms with van der Waals surface area (Å²) < 4.78 is 6.23. The number of benzene rings is 2. The number of furan rings is 1. The first-order valence-corrected chi connectivity index (χ1v) is 10.8. The van der Waals surface area contributed by atoms with Gasteiger partial charge < -0.3 is 9.52 Å². The molecule has 1 aromatic heterocycles. The first-order valence-electron chi connectivity index (χ1n) is 10.8. The largest absolute Gasteiger partial charge is 0.456 e. The van der Waals surface area contributed by atoms with E-state index in [-0.39, 0.29) is 0 Å². The van der Waals surface area contributed by atoms with Gasteiger partial charge in [-0.25, -0.2) is 0 Å². The van der Waals surface area contributed by atoms with E-state index in [1.807, 2.05) is 6.07 Å². The van der Waals surface area contributed by atoms with Crippen LogP contribution in [0.4, 0.5) is 0 Å². The van der Waals surface area contributed by atoms with Crippen molar-refractivity contribution in [1.82, 2.24) is 9.80 Å². The SMILES string of the molecule is OCC1CCN(C2CCCN(Cc3cccc4c3oc3ccccc34)C2)CC1. The van der Waals surface area contributed by atoms with Crippen molar-refractivity contribution >= 4 is 21.9 Å². The van der Waals surface area contributed by atoms with Gasteiger partial charge in [0.25, 0.3) is 0 Å². The van der Waals surface area contributed by atoms with Crippen molar-refractivity contribution in [3.05, 3.63) is 48.0 Å². The number of hydrogen-bond donors (Lipinski definition) is 1. The highest BCUT2D eigenvalue weighted by Gasteiger charge is 2.29. The molecule has 0 amide bonds. The molecule has 1 unspecified atom stereocenters. The van der Waals surface area contributed by atoms with Crippen LogP contribution in [0.2, 0.25) is 0 Å². The first kappa shape index (κ1) is 18.2. The molecule has 0 saturated carbocycles. The Kier molecular flexibility index (Phi) is 5.10. The molecule has 2 aliphatic heterocycles. The Bertz CT molecular complexity index is 942. The molecule has 0 spiro atoms. The van der Waals surface area contributed by atoms with Gasteiger partial charge in [0.15, 0.2) is 0 Å². The second-order valence-electron chi connectivity index (χ2n) is 8.59. The fraction of sp³-hybridized carbons (Fsp3) is 0.500. The van der Waals surface area contributed by atoms with E-state index in [2.05, 4.69) is 46.2 Å². The predicted octanol–water partition coefficient (Wildman–Crippen LogP) is 4.25. The van der Waals surface area contributed by atoms with Gasteiger partial charge in [-0.1, -0.05) is 36.4 Å². The number of para-hydroxylation sites is 2. The molecule has 0 aliphatic carbocycles. The quantitative estimate of drug-likeness (QED) is 0.737. The predicted molar refractivity (Wildman–Crippen MR) is 113 cm³/mol. The maximum absolute atomic E-state index is 9.40. The van der Waals surface area contributed by atoms with Gasteiger partial charge in [0.1, 0.15) is 11.2 Å². The number of hydrogen-bond acceptors (Lipinski definition) is 4. The van der Waals surface area contributed by atoms with Crippen LogP contribution >= 0.6 is 0 Å². The first-order chi connectivity index (χ1) is 13.8. The van der Waals surface area contributed by atoms with Crippen molar-refractivity contribution in [3.63, 3.8) is 0 Å². The van der Waals surface area contributed by atoms with Crippen molar-refractivity contribution < 1.29 is 9.52 Å². The maximum Gasteiger partial charge on any atom is 0.139 e. The number of likely N-dealkylation sites (tertiary alicyclic amines) is 2. The molecule has 2 fully saturated rings. The Labute approximate surface area is 166 Å². The maximum atomic E-state index is 9.40. The van der Waals surface area contributed by atoms with E-state index in [1.165, 1.54) is 35.7 Å². The Morgan fingerprint density at radius 3 is 2.61 bits per heavy atom. The average molecular weight is 379 g/mol. The summed E-state index contributed by atoms with van der Waals surface area (Å²) in [7, 11) is 0. The van der Waals surface area contributed by atoms with Crippen LogP contribution in [0.5, 0.6) is 0 Å². The molecule has 4 nitrogen and oxygen atoms in total. The summed E-state index contributed by atoms with van der Waals surface area (Å²) in [6.45, 7) is 5.90. The highest BCUT2D eigenvalue weighted by molar-refractivity contribution is 6.05. The minimum atomic E-state index is 0.353. The van der Waals surface area contributed by atoms with E-state index in [0.717, 1.165) is 50.2 Å². The van der Waals surface area contributed by atoms with Crippen LogP contribution in [-0.4, -0.2) is 53.7 Å². The Morgan fingerprint density at radius 2 is 1.75 bits per heavy atom. The van der Waals surface area contributed by atoms with Gasteiger partial charge in [0, 0.05) is 42.1 Å². The summed E-state index contributed by atoms with van der Waals surface area (Å²) in [6, 6.07) is 15.6. The number of rotatable bonds is 4. The van der Waals surface area contributed by atoms with Gasteiger partial charge in [-0.05, 0) is 57.3 Å². The number of aliphatic hydroxyl groups excluding tert-OH is 1. The Hall–Kier alpha value is -1.88. The molecule has 4 heteroatoms. The average Bonchev–Trinajstić information content (AvgIpc) is 3.14. The third-order valence-electron chi connectivity index (χ3n) is 6.78. The standard InChI is InChI=1S/C24H30N2O2/c27-17-18-10-13-26(14-11-18)20-6-4-12-25(16-20)15-19-5-3-8-22-21-7-1-2-9-23(21)28-24(19)22/h1-3,5,7-9,18,20,27H,4,6,10-17H2. The lowest BCUT2D eigenvalue weighted by Crippen LogP contribution is -2.50. The molecule has 1 atom stereocenters. The molecule has 28 heavy (non-hydrogen) atoms. The van der Waals surface area contributed by atoms with E-state index in [1.54, 1.807) is 0 Å². The minimum Gasteiger partial charge on any atom is -0.456 e. The Morgan fingerprint density at radius 1 is 0.929 bits per heavy atom. The van der Waals surface area contributed by atoms with Crippen molar-refractivity contribution in [2.45, 2.75) is 38.3 Å². The number of piperidine rings is 2. The number of nitrogens with zero attached hydrogens (tertiary/aromatic N) is 2. The van der Waals surface area contributed by atoms with Crippen molar-refractivity contribution in [1.29, 1.82) is 0 Å². The summed E-state index contributed by atoms with van der Waals surface area (Å²) in [5, 5.41) is 11.8. The molecule has 0 bridgehead atoms. The molecular weight excluding hydrogens is 348 g/mol. The van der Waals surface area contributed by atoms with Crippen LogP contribution in [-0.2, 0) is 6.54 Å². The third kappa shape index (κ3) is 3.45. The molecule has 3 aromatic rings. The molecule has 0 radical (unpaired) electrons. The fourth-order valence-corrected chi connectivity index (χ4v) is 5.14. The lowest BCUT2D eigenvalue weighted by atomic mass is 9.94. The smallest absolute Gasteiger partial charge is 0.139 e. The highest BCUT2D eigenvalue weighted by Crippen LogP contribution is 2.32. The van der Waals surface area contributed by atoms with E-state index in [4.69, 9.17) is 4.42 Å². The Balaban J connectivity index is 1.32. The zero-order valence-corrected chi connectivity index (χ0v) is 16.5. The second kappa shape index (κ2) is 7.86. The monoisotopic (exact) mass is 378 g/mol. The number of fused-ring (bicyclic) bond motifs is 3. The van der Waals surface area contributed by atoms with Crippen LogP contribution in [0.1, 0.15) is 31.2 Å². The van der Waals surface area contributed by atoms with Gasteiger partial charge in [0.2, 0.25) is 0 Å². The summed E-state index contributed by atoms with van der Waals surface area (Å²) in [5.41, 5.74) is 3.33. The molecule has 2 aliphatic rings. The van der Waals surface area contributed by atoms with Crippen LogP contribution in [0.15, 0.2) is 46.9 Å². The highest BCUT2D eigenvalue weighted by atomic mass is 16.3. The van der Waals surface area contributed by atoms with Crippen molar-refractivity contribution in [2.24, 2.45) is 5.92 Å². The lowest BCUT2D eigenvalue weighted by Gasteiger charge is -2.42. The molecule has 2 saturated heterocycles. The summed E-state index contributed by atoms with van der Waals surface area (Å²) in [4.78, 5) is 5.27. The molecule has 3 heterocycles. The van der Waals surface area contributed by atoms with Crippen LogP contribution in [0.25, 0.3) is 21.9 Å². The van der Waals surface area contributed by atoms with Gasteiger partial charge in [0.05, 0.1) is 0 Å². The van der Waals surface area contributed by atoms with Crippen molar-refractivity contribution in [3.8, 4) is 0 Å². The van der Waals surface area contributed by atoms with E-state index < -0.39 is 0 Å². The molecular formula is C24H30N2O2. The molecule has 148 valence electrons. The summed E-state index contributed by atoms with van der Waals surface area (Å²) >= 11 is 0. The van der Waals surface area contributed by atoms with Gasteiger partial charge in [-0.15, -0.1) is 0 Å². The summed E-state index contributed by atoms with van der Waals surface area (Å²) in [5.74, 6) is 0.515. The zero-order chi connectivity index (χ0) is 18.9. The number of aliphatic hydroxyl groups is 1. The molecule has 5 rings (SSSR count). The van der Waals surface area contributed by atoms with E-state index >= 15 is 0 Å². The van der Waals surface area contributed by atoms with Gasteiger partial charge in [-0.2, -0.15) is 0 Å². The topological polar surface area (TPSA) is 39.9 Å². The van der Waals surface area contributed by atoms with Crippen LogP contribution in [0, 0.1) is 5.92 Å².